The summed E-state index contributed by atoms with van der Waals surface area (Å²) in [5, 5.41) is 0. The van der Waals surface area contributed by atoms with Crippen LogP contribution in [0.1, 0.15) is 75.1 Å². The first-order chi connectivity index (χ1) is 24.1. The van der Waals surface area contributed by atoms with E-state index in [4.69, 9.17) is 14.2 Å². The van der Waals surface area contributed by atoms with Gasteiger partial charge in [-0.05, 0) is 77.2 Å². The third-order valence-electron chi connectivity index (χ3n) is 12.3. The Hall–Kier alpha value is -4.28. The van der Waals surface area contributed by atoms with Gasteiger partial charge in [0.15, 0.2) is 5.60 Å². The third-order valence-corrected chi connectivity index (χ3v) is 12.3. The van der Waals surface area contributed by atoms with Crippen molar-refractivity contribution in [2.45, 2.75) is 63.9 Å². The fourth-order valence-electron chi connectivity index (χ4n) is 11.2. The quantitative estimate of drug-likeness (QED) is 0.278. The fraction of sp³-hybridized carbons (Fsp3) is 0.391. The average molecular weight is 664 g/mol. The maximum atomic E-state index is 7.71. The van der Waals surface area contributed by atoms with Gasteiger partial charge in [-0.1, -0.05) is 107 Å². The van der Waals surface area contributed by atoms with E-state index in [9.17, 15) is 0 Å². The summed E-state index contributed by atoms with van der Waals surface area (Å²) in [6, 6.07) is 29.2. The van der Waals surface area contributed by atoms with E-state index in [2.05, 4.69) is 142 Å². The van der Waals surface area contributed by atoms with Gasteiger partial charge in [-0.2, -0.15) is 0 Å². The summed E-state index contributed by atoms with van der Waals surface area (Å²) in [7, 11) is 1.77. The molecule has 0 amide bonds. The van der Waals surface area contributed by atoms with Crippen LogP contribution in [0.5, 0.6) is 0 Å². The summed E-state index contributed by atoms with van der Waals surface area (Å²) >= 11 is 0. The van der Waals surface area contributed by atoms with E-state index >= 15 is 0 Å². The number of ether oxygens (including phenoxy) is 3. The van der Waals surface area contributed by atoms with Crippen LogP contribution in [0, 0.1) is 16.7 Å². The Bertz CT molecular complexity index is 1970. The van der Waals surface area contributed by atoms with Gasteiger partial charge in [0.25, 0.3) is 0 Å². The van der Waals surface area contributed by atoms with E-state index in [1.807, 2.05) is 0 Å². The molecule has 0 aromatic heterocycles. The highest BCUT2D eigenvalue weighted by Gasteiger charge is 2.60. The van der Waals surface area contributed by atoms with E-state index in [0.717, 1.165) is 61.8 Å². The number of fused-ring (bicyclic) bond motifs is 8. The molecule has 6 aliphatic rings. The average Bonchev–Trinajstić information content (AvgIpc) is 3.39. The lowest BCUT2D eigenvalue weighted by Crippen LogP contribution is -2.46. The highest BCUT2D eigenvalue weighted by atomic mass is 16.5. The van der Waals surface area contributed by atoms with Crippen LogP contribution >= 0.6 is 0 Å². The molecule has 2 fully saturated rings. The smallest absolute Gasteiger partial charge is 0.178 e. The summed E-state index contributed by atoms with van der Waals surface area (Å²) in [5.74, 6) is 2.27. The number of hydrogen-bond acceptors (Lipinski definition) is 4. The summed E-state index contributed by atoms with van der Waals surface area (Å²) in [4.78, 5) is 2.41. The Morgan fingerprint density at radius 3 is 2.16 bits per heavy atom. The summed E-state index contributed by atoms with van der Waals surface area (Å²) < 4.78 is 19.2. The molecule has 1 saturated heterocycles. The van der Waals surface area contributed by atoms with Crippen molar-refractivity contribution in [3.8, 4) is 0 Å². The van der Waals surface area contributed by atoms with Crippen LogP contribution in [-0.4, -0.2) is 33.4 Å². The number of anilines is 1. The van der Waals surface area contributed by atoms with Crippen molar-refractivity contribution in [2.75, 3.05) is 38.3 Å². The van der Waals surface area contributed by atoms with E-state index in [0.29, 0.717) is 0 Å². The normalized spacial score (nSPS) is 28.3. The lowest BCUT2D eigenvalue weighted by Gasteiger charge is -2.54. The first-order valence-corrected chi connectivity index (χ1v) is 18.5. The Morgan fingerprint density at radius 1 is 0.760 bits per heavy atom. The van der Waals surface area contributed by atoms with Gasteiger partial charge in [-0.15, -0.1) is 0 Å². The minimum atomic E-state index is -0.791. The molecule has 3 atom stereocenters. The molecule has 0 bridgehead atoms. The van der Waals surface area contributed by atoms with Crippen LogP contribution in [0.3, 0.4) is 0 Å². The topological polar surface area (TPSA) is 30.9 Å². The second kappa shape index (κ2) is 11.4. The van der Waals surface area contributed by atoms with Gasteiger partial charge in [0, 0.05) is 58.3 Å². The monoisotopic (exact) mass is 663 g/mol. The van der Waals surface area contributed by atoms with Crippen LogP contribution < -0.4 is 4.90 Å². The Kier molecular flexibility index (Phi) is 7.20. The summed E-state index contributed by atoms with van der Waals surface area (Å²) in [6.07, 6.45) is 15.1. The fourth-order valence-corrected chi connectivity index (χ4v) is 11.2. The molecule has 1 spiro atoms. The van der Waals surface area contributed by atoms with Crippen molar-refractivity contribution in [1.29, 1.82) is 0 Å². The van der Waals surface area contributed by atoms with Crippen molar-refractivity contribution in [2.24, 2.45) is 16.7 Å². The SMILES string of the molecule is COC1=CC2=C3OC(c4ccccc4)(c4ccc(N5CCOCC5)cc4)C=CC3=C3C(c4ccccc4C34CC(C)(C)CC(C)(C)C4)C2C=C1. The standard InChI is InChI=1S/C46H49NO3/c1-43(2)28-44(3,4)30-45(29-43)39-14-10-9-13-36(39)40-35-20-19-34(48-5)27-38(35)42-37(41(40)45)21-22-46(50-42,31-11-7-6-8-12-31)32-15-17-33(18-16-32)47-23-25-49-26-24-47/h6-22,27,35,40H,23-26,28-30H2,1-5H3. The highest BCUT2D eigenvalue weighted by Crippen LogP contribution is 2.69. The lowest BCUT2D eigenvalue weighted by atomic mass is 9.51. The van der Waals surface area contributed by atoms with Gasteiger partial charge in [-0.25, -0.2) is 0 Å². The van der Waals surface area contributed by atoms with Gasteiger partial charge in [0.1, 0.15) is 11.5 Å². The number of rotatable bonds is 4. The molecule has 3 aromatic rings. The van der Waals surface area contributed by atoms with Gasteiger partial charge >= 0.3 is 0 Å². The molecule has 4 nitrogen and oxygen atoms in total. The van der Waals surface area contributed by atoms with Gasteiger partial charge < -0.3 is 19.1 Å². The Labute approximate surface area is 297 Å². The third kappa shape index (κ3) is 4.82. The van der Waals surface area contributed by atoms with Crippen molar-refractivity contribution in [1.82, 2.24) is 0 Å². The maximum Gasteiger partial charge on any atom is 0.178 e. The van der Waals surface area contributed by atoms with Crippen molar-refractivity contribution in [3.63, 3.8) is 0 Å². The molecule has 2 heterocycles. The zero-order chi connectivity index (χ0) is 34.3. The second-order valence-corrected chi connectivity index (χ2v) is 16.9. The second-order valence-electron chi connectivity index (χ2n) is 16.9. The van der Waals surface area contributed by atoms with Crippen LogP contribution in [-0.2, 0) is 25.2 Å². The molecule has 4 heteroatoms. The Balaban J connectivity index is 1.29. The number of morpholine rings is 1. The molecule has 3 aromatic carbocycles. The molecule has 2 aliphatic heterocycles. The van der Waals surface area contributed by atoms with E-state index in [1.165, 1.54) is 34.4 Å². The molecule has 0 N–H and O–H groups in total. The van der Waals surface area contributed by atoms with Crippen LogP contribution in [0.2, 0.25) is 0 Å². The Morgan fingerprint density at radius 2 is 1.44 bits per heavy atom. The molecule has 0 radical (unpaired) electrons. The largest absolute Gasteiger partial charge is 0.497 e. The van der Waals surface area contributed by atoms with Crippen LogP contribution in [0.15, 0.2) is 137 Å². The predicted octanol–water partition coefficient (Wildman–Crippen LogP) is 9.91. The molecule has 3 unspecified atom stereocenters. The van der Waals surface area contributed by atoms with Gasteiger partial charge in [-0.3, -0.25) is 0 Å². The van der Waals surface area contributed by atoms with Crippen LogP contribution in [0.25, 0.3) is 0 Å². The zero-order valence-corrected chi connectivity index (χ0v) is 30.2. The van der Waals surface area contributed by atoms with Crippen LogP contribution in [0.4, 0.5) is 5.69 Å². The zero-order valence-electron chi connectivity index (χ0n) is 30.2. The van der Waals surface area contributed by atoms with E-state index in [1.54, 1.807) is 12.7 Å². The first-order valence-electron chi connectivity index (χ1n) is 18.5. The predicted molar refractivity (Wildman–Crippen MR) is 201 cm³/mol. The lowest BCUT2D eigenvalue weighted by molar-refractivity contribution is 0.0558. The molecule has 9 rings (SSSR count). The molecule has 4 aliphatic carbocycles. The van der Waals surface area contributed by atoms with E-state index < -0.39 is 5.60 Å². The number of allylic oxidation sites excluding steroid dienone is 6. The molecular formula is C46H49NO3. The van der Waals surface area contributed by atoms with Crippen molar-refractivity contribution >= 4 is 5.69 Å². The van der Waals surface area contributed by atoms with E-state index in [-0.39, 0.29) is 28.1 Å². The maximum absolute atomic E-state index is 7.71. The number of hydrogen-bond donors (Lipinski definition) is 0. The summed E-state index contributed by atoms with van der Waals surface area (Å²) in [6.45, 7) is 13.3. The van der Waals surface area contributed by atoms with Gasteiger partial charge in [0.05, 0.1) is 20.3 Å². The summed E-state index contributed by atoms with van der Waals surface area (Å²) in [5.41, 5.74) is 10.0. The molecular weight excluding hydrogens is 615 g/mol. The minimum absolute atomic E-state index is 0.0715. The van der Waals surface area contributed by atoms with Gasteiger partial charge in [0.2, 0.25) is 0 Å². The minimum Gasteiger partial charge on any atom is -0.497 e. The molecule has 50 heavy (non-hydrogen) atoms. The number of methoxy groups -OCH3 is 1. The van der Waals surface area contributed by atoms with Crippen molar-refractivity contribution in [3.05, 3.63) is 160 Å². The first kappa shape index (κ1) is 31.7. The molecule has 1 saturated carbocycles. The van der Waals surface area contributed by atoms with Crippen molar-refractivity contribution < 1.29 is 14.2 Å². The number of nitrogens with zero attached hydrogens (tertiary/aromatic N) is 1. The highest BCUT2D eigenvalue weighted by molar-refractivity contribution is 5.69. The molecule has 256 valence electrons. The number of benzene rings is 3.